The highest BCUT2D eigenvalue weighted by atomic mass is 35.5. The number of halogens is 1. The first-order chi connectivity index (χ1) is 9.54. The van der Waals surface area contributed by atoms with Crippen molar-refractivity contribution in [1.29, 1.82) is 0 Å². The van der Waals surface area contributed by atoms with Gasteiger partial charge < -0.3 is 5.32 Å². The highest BCUT2D eigenvalue weighted by Crippen LogP contribution is 2.50. The number of nitrogens with zero attached hydrogens (tertiary/aromatic N) is 2. The Morgan fingerprint density at radius 1 is 1.45 bits per heavy atom. The summed E-state index contributed by atoms with van der Waals surface area (Å²) in [5.41, 5.74) is -0.00981. The van der Waals surface area contributed by atoms with Crippen molar-refractivity contribution in [2.75, 3.05) is 5.32 Å². The van der Waals surface area contributed by atoms with Crippen LogP contribution in [0.1, 0.15) is 32.6 Å². The monoisotopic (exact) mass is 295 g/mol. The van der Waals surface area contributed by atoms with E-state index in [0.717, 1.165) is 11.8 Å². The van der Waals surface area contributed by atoms with Gasteiger partial charge in [-0.3, -0.25) is 10.1 Å². The molecule has 2 saturated carbocycles. The van der Waals surface area contributed by atoms with Crippen molar-refractivity contribution in [3.8, 4) is 0 Å². The second-order valence-electron chi connectivity index (χ2n) is 6.03. The average Bonchev–Trinajstić information content (AvgIpc) is 3.00. The van der Waals surface area contributed by atoms with E-state index >= 15 is 0 Å². The predicted octanol–water partition coefficient (Wildman–Crippen LogP) is 3.88. The van der Waals surface area contributed by atoms with Gasteiger partial charge in [-0.2, -0.15) is 0 Å². The summed E-state index contributed by atoms with van der Waals surface area (Å²) in [6.45, 7) is 2.09. The normalized spacial score (nSPS) is 29.4. The van der Waals surface area contributed by atoms with Crippen LogP contribution in [0.15, 0.2) is 12.1 Å². The first-order valence-electron chi connectivity index (χ1n) is 7.12. The van der Waals surface area contributed by atoms with Crippen molar-refractivity contribution in [3.63, 3.8) is 0 Å². The molecule has 0 spiro atoms. The number of anilines is 1. The summed E-state index contributed by atoms with van der Waals surface area (Å²) in [5, 5.41) is 14.5. The zero-order valence-corrected chi connectivity index (χ0v) is 12.1. The van der Waals surface area contributed by atoms with Crippen LogP contribution in [-0.2, 0) is 0 Å². The Morgan fingerprint density at radius 2 is 2.25 bits per heavy atom. The minimum absolute atomic E-state index is 0.00981. The lowest BCUT2D eigenvalue weighted by Crippen LogP contribution is -2.30. The predicted molar refractivity (Wildman–Crippen MR) is 77.9 cm³/mol. The lowest BCUT2D eigenvalue weighted by atomic mass is 9.84. The molecule has 4 unspecified atom stereocenters. The second kappa shape index (κ2) is 5.20. The quantitative estimate of drug-likeness (QED) is 0.520. The van der Waals surface area contributed by atoms with Gasteiger partial charge in [0.25, 0.3) is 0 Å². The van der Waals surface area contributed by atoms with Crippen LogP contribution in [0.4, 0.5) is 11.5 Å². The van der Waals surface area contributed by atoms with E-state index in [4.69, 9.17) is 11.6 Å². The fourth-order valence-electron chi connectivity index (χ4n) is 3.91. The van der Waals surface area contributed by atoms with Gasteiger partial charge in [0.15, 0.2) is 0 Å². The number of fused-ring (bicyclic) bond motifs is 2. The van der Waals surface area contributed by atoms with Crippen LogP contribution in [-0.4, -0.2) is 15.9 Å². The molecule has 2 fully saturated rings. The molecule has 0 aromatic carbocycles. The molecule has 0 radical (unpaired) electrons. The molecule has 5 nitrogen and oxygen atoms in total. The number of nitro groups is 1. The maximum absolute atomic E-state index is 11.0. The molecule has 2 bridgehead atoms. The number of hydrogen-bond donors (Lipinski definition) is 1. The maximum atomic E-state index is 11.0. The molecular formula is C14H18ClN3O2. The van der Waals surface area contributed by atoms with Gasteiger partial charge in [-0.25, -0.2) is 4.98 Å². The molecule has 1 N–H and O–H groups in total. The van der Waals surface area contributed by atoms with Gasteiger partial charge in [0.05, 0.1) is 4.92 Å². The second-order valence-corrected chi connectivity index (χ2v) is 6.42. The highest BCUT2D eigenvalue weighted by molar-refractivity contribution is 6.29. The van der Waals surface area contributed by atoms with Crippen LogP contribution in [0.2, 0.25) is 5.15 Å². The molecule has 20 heavy (non-hydrogen) atoms. The van der Waals surface area contributed by atoms with Crippen molar-refractivity contribution >= 4 is 23.1 Å². The van der Waals surface area contributed by atoms with E-state index in [-0.39, 0.29) is 22.7 Å². The van der Waals surface area contributed by atoms with E-state index < -0.39 is 4.92 Å². The van der Waals surface area contributed by atoms with Gasteiger partial charge in [0.2, 0.25) is 5.82 Å². The van der Waals surface area contributed by atoms with E-state index in [1.165, 1.54) is 37.8 Å². The molecule has 1 aromatic rings. The van der Waals surface area contributed by atoms with Crippen molar-refractivity contribution in [3.05, 3.63) is 27.4 Å². The Morgan fingerprint density at radius 3 is 2.85 bits per heavy atom. The smallest absolute Gasteiger partial charge is 0.311 e. The summed E-state index contributed by atoms with van der Waals surface area (Å²) < 4.78 is 0. The Hall–Kier alpha value is -1.36. The Labute approximate surface area is 122 Å². The van der Waals surface area contributed by atoms with Crippen LogP contribution >= 0.6 is 11.6 Å². The Kier molecular flexibility index (Phi) is 3.54. The maximum Gasteiger partial charge on any atom is 0.311 e. The largest absolute Gasteiger partial charge is 0.362 e. The molecule has 2 aliphatic rings. The van der Waals surface area contributed by atoms with Crippen LogP contribution in [0.25, 0.3) is 0 Å². The summed E-state index contributed by atoms with van der Waals surface area (Å²) in [6, 6.07) is 3.05. The minimum atomic E-state index is -0.417. The number of nitrogens with one attached hydrogen (secondary N) is 1. The molecule has 0 amide bonds. The van der Waals surface area contributed by atoms with E-state index in [1.54, 1.807) is 0 Å². The van der Waals surface area contributed by atoms with Gasteiger partial charge in [0.1, 0.15) is 5.15 Å². The average molecular weight is 296 g/mol. The Bertz CT molecular complexity index is 537. The molecule has 1 heterocycles. The molecule has 0 saturated heterocycles. The number of pyridine rings is 1. The molecule has 0 aliphatic heterocycles. The molecule has 108 valence electrons. The van der Waals surface area contributed by atoms with Crippen LogP contribution in [0.3, 0.4) is 0 Å². The first kappa shape index (κ1) is 13.6. The van der Waals surface area contributed by atoms with Crippen LogP contribution < -0.4 is 5.32 Å². The summed E-state index contributed by atoms with van der Waals surface area (Å²) in [4.78, 5) is 14.7. The lowest BCUT2D eigenvalue weighted by Gasteiger charge is -2.28. The summed E-state index contributed by atoms with van der Waals surface area (Å²) in [7, 11) is 0. The topological polar surface area (TPSA) is 68.1 Å². The van der Waals surface area contributed by atoms with E-state index in [1.807, 2.05) is 0 Å². The molecule has 4 atom stereocenters. The zero-order valence-electron chi connectivity index (χ0n) is 11.4. The van der Waals surface area contributed by atoms with Crippen molar-refractivity contribution in [1.82, 2.24) is 4.98 Å². The molecule has 1 aromatic heterocycles. The van der Waals surface area contributed by atoms with Crippen molar-refractivity contribution < 1.29 is 4.92 Å². The van der Waals surface area contributed by atoms with Crippen molar-refractivity contribution in [2.45, 2.75) is 38.6 Å². The third-order valence-electron chi connectivity index (χ3n) is 4.84. The third-order valence-corrected chi connectivity index (χ3v) is 5.05. The summed E-state index contributed by atoms with van der Waals surface area (Å²) in [5.74, 6) is 2.50. The Balaban J connectivity index is 1.77. The van der Waals surface area contributed by atoms with E-state index in [0.29, 0.717) is 5.92 Å². The SMILES string of the molecule is CC(Nc1nc(Cl)ccc1[N+](=O)[O-])C1CC2CCC1C2. The van der Waals surface area contributed by atoms with Gasteiger partial charge in [-0.1, -0.05) is 18.0 Å². The fourth-order valence-corrected chi connectivity index (χ4v) is 4.06. The van der Waals surface area contributed by atoms with Gasteiger partial charge >= 0.3 is 5.69 Å². The van der Waals surface area contributed by atoms with Crippen LogP contribution in [0, 0.1) is 27.9 Å². The first-order valence-corrected chi connectivity index (χ1v) is 7.50. The lowest BCUT2D eigenvalue weighted by molar-refractivity contribution is -0.384. The van der Waals surface area contributed by atoms with Gasteiger partial charge in [-0.05, 0) is 50.0 Å². The summed E-state index contributed by atoms with van der Waals surface area (Å²) >= 11 is 5.85. The fraction of sp³-hybridized carbons (Fsp3) is 0.643. The standard InChI is InChI=1S/C14H18ClN3O2/c1-8(11-7-9-2-3-10(11)6-9)16-14-12(18(19)20)4-5-13(15)17-14/h4-5,8-11H,2-3,6-7H2,1H3,(H,16,17). The zero-order chi connectivity index (χ0) is 14.3. The number of rotatable bonds is 4. The van der Waals surface area contributed by atoms with Gasteiger partial charge in [0, 0.05) is 12.1 Å². The number of hydrogen-bond acceptors (Lipinski definition) is 4. The van der Waals surface area contributed by atoms with E-state index in [9.17, 15) is 10.1 Å². The van der Waals surface area contributed by atoms with E-state index in [2.05, 4.69) is 17.2 Å². The molecule has 6 heteroatoms. The van der Waals surface area contributed by atoms with Crippen molar-refractivity contribution in [2.24, 2.45) is 17.8 Å². The summed E-state index contributed by atoms with van der Waals surface area (Å²) in [6.07, 6.45) is 5.20. The van der Waals surface area contributed by atoms with Crippen LogP contribution in [0.5, 0.6) is 0 Å². The minimum Gasteiger partial charge on any atom is -0.362 e. The molecule has 2 aliphatic carbocycles. The van der Waals surface area contributed by atoms with Gasteiger partial charge in [-0.15, -0.1) is 0 Å². The number of aromatic nitrogens is 1. The third kappa shape index (κ3) is 2.46. The molecular weight excluding hydrogens is 278 g/mol. The molecule has 3 rings (SSSR count). The highest BCUT2D eigenvalue weighted by Gasteiger charge is 2.42.